The Labute approximate surface area is 55.8 Å². The molecule has 0 aliphatic heterocycles. The van der Waals surface area contributed by atoms with Crippen LogP contribution in [0.4, 0.5) is 4.79 Å². The van der Waals surface area contributed by atoms with Crippen molar-refractivity contribution in [1.82, 2.24) is 15.4 Å². The lowest BCUT2D eigenvalue weighted by Crippen LogP contribution is -1.95. The number of nitrogens with one attached hydrogen (secondary N) is 1. The van der Waals surface area contributed by atoms with Gasteiger partial charge in [-0.1, -0.05) is 12.6 Å². The van der Waals surface area contributed by atoms with E-state index in [2.05, 4.69) is 32.8 Å². The lowest BCUT2D eigenvalue weighted by molar-refractivity contribution is 0.225. The molecule has 1 heterocycles. The minimum Gasteiger partial charge on any atom is -0.396 e. The minimum absolute atomic E-state index is 0.120. The number of ether oxygens (including phenoxy) is 1. The summed E-state index contributed by atoms with van der Waals surface area (Å²) in [6.07, 6.45) is 1.27. The van der Waals surface area contributed by atoms with Crippen LogP contribution in [0.15, 0.2) is 6.20 Å². The molecular weight excluding hydrogens is 142 g/mol. The van der Waals surface area contributed by atoms with E-state index in [0.717, 1.165) is 0 Å². The quantitative estimate of drug-likeness (QED) is 0.438. The molecule has 0 aliphatic rings. The summed E-state index contributed by atoms with van der Waals surface area (Å²) in [6.45, 7) is 0. The van der Waals surface area contributed by atoms with Crippen LogP contribution in [0.25, 0.3) is 0 Å². The highest BCUT2D eigenvalue weighted by Crippen LogP contribution is 2.00. The van der Waals surface area contributed by atoms with Crippen LogP contribution in [0.2, 0.25) is 0 Å². The number of hydrogen-bond donors (Lipinski definition) is 2. The zero-order valence-electron chi connectivity index (χ0n) is 4.24. The van der Waals surface area contributed by atoms with Gasteiger partial charge in [0.05, 0.1) is 0 Å². The van der Waals surface area contributed by atoms with E-state index in [1.54, 1.807) is 0 Å². The molecule has 1 aromatic rings. The minimum atomic E-state index is -0.705. The van der Waals surface area contributed by atoms with Gasteiger partial charge in [-0.05, 0) is 0 Å². The van der Waals surface area contributed by atoms with Crippen molar-refractivity contribution in [2.24, 2.45) is 0 Å². The standard InChI is InChI=1S/C3H3N3O2S/c7-3(9)8-2-1-4-6-5-2/h1H,(H,7,9)(H,4,5,6). The van der Waals surface area contributed by atoms with Gasteiger partial charge in [-0.3, -0.25) is 0 Å². The van der Waals surface area contributed by atoms with E-state index < -0.39 is 5.30 Å². The van der Waals surface area contributed by atoms with Gasteiger partial charge < -0.3 is 4.74 Å². The van der Waals surface area contributed by atoms with Crippen LogP contribution in [0.3, 0.4) is 0 Å². The number of rotatable bonds is 1. The largest absolute Gasteiger partial charge is 0.396 e. The van der Waals surface area contributed by atoms with E-state index in [-0.39, 0.29) is 5.88 Å². The van der Waals surface area contributed by atoms with E-state index >= 15 is 0 Å². The third kappa shape index (κ3) is 1.73. The second-order valence-corrected chi connectivity index (χ2v) is 1.54. The van der Waals surface area contributed by atoms with E-state index in [0.29, 0.717) is 0 Å². The molecule has 0 spiro atoms. The van der Waals surface area contributed by atoms with Crippen molar-refractivity contribution in [2.75, 3.05) is 0 Å². The maximum absolute atomic E-state index is 10.1. The fraction of sp³-hybridized carbons (Fsp3) is 0. The second-order valence-electron chi connectivity index (χ2n) is 1.18. The molecule has 5 nitrogen and oxygen atoms in total. The zero-order valence-corrected chi connectivity index (χ0v) is 5.13. The lowest BCUT2D eigenvalue weighted by Gasteiger charge is -1.88. The summed E-state index contributed by atoms with van der Waals surface area (Å²) in [6, 6.07) is 0. The Kier molecular flexibility index (Phi) is 1.69. The first-order valence-corrected chi connectivity index (χ1v) is 2.50. The van der Waals surface area contributed by atoms with E-state index in [1.165, 1.54) is 6.20 Å². The smallest absolute Gasteiger partial charge is 0.371 e. The molecule has 0 amide bonds. The summed E-state index contributed by atoms with van der Waals surface area (Å²) in [5.41, 5.74) is 0. The van der Waals surface area contributed by atoms with Crippen LogP contribution in [0.1, 0.15) is 0 Å². The monoisotopic (exact) mass is 145 g/mol. The third-order valence-electron chi connectivity index (χ3n) is 0.585. The molecule has 0 unspecified atom stereocenters. The predicted molar refractivity (Wildman–Crippen MR) is 31.4 cm³/mol. The van der Waals surface area contributed by atoms with Gasteiger partial charge in [0, 0.05) is 0 Å². The Bertz CT molecular complexity index is 197. The van der Waals surface area contributed by atoms with Crippen molar-refractivity contribution < 1.29 is 9.53 Å². The summed E-state index contributed by atoms with van der Waals surface area (Å²) in [7, 11) is 0. The molecule has 1 aromatic heterocycles. The summed E-state index contributed by atoms with van der Waals surface area (Å²) in [5.74, 6) is 0.120. The Morgan fingerprint density at radius 2 is 2.67 bits per heavy atom. The molecule has 9 heavy (non-hydrogen) atoms. The van der Waals surface area contributed by atoms with Gasteiger partial charge >= 0.3 is 5.30 Å². The van der Waals surface area contributed by atoms with Gasteiger partial charge in [0.1, 0.15) is 6.20 Å². The fourth-order valence-corrected chi connectivity index (χ4v) is 0.423. The fourth-order valence-electron chi connectivity index (χ4n) is 0.330. The third-order valence-corrected chi connectivity index (χ3v) is 0.676. The van der Waals surface area contributed by atoms with E-state index in [4.69, 9.17) is 0 Å². The average Bonchev–Trinajstić information content (AvgIpc) is 2.15. The molecule has 48 valence electrons. The highest BCUT2D eigenvalue weighted by Gasteiger charge is 1.98. The normalized spacial score (nSPS) is 9.00. The number of aromatic amines is 1. The van der Waals surface area contributed by atoms with Gasteiger partial charge in [0.2, 0.25) is 0 Å². The average molecular weight is 145 g/mol. The summed E-state index contributed by atoms with van der Waals surface area (Å²) in [4.78, 5) is 10.1. The summed E-state index contributed by atoms with van der Waals surface area (Å²) >= 11 is 3.34. The summed E-state index contributed by atoms with van der Waals surface area (Å²) in [5, 5.41) is 8.38. The Balaban J connectivity index is 2.58. The van der Waals surface area contributed by atoms with Crippen molar-refractivity contribution in [2.45, 2.75) is 0 Å². The predicted octanol–water partition coefficient (Wildman–Crippen LogP) is 0.233. The topological polar surface area (TPSA) is 67.9 Å². The molecule has 0 aliphatic carbocycles. The van der Waals surface area contributed by atoms with Gasteiger partial charge in [0.25, 0.3) is 5.88 Å². The Hall–Kier alpha value is -1.04. The zero-order chi connectivity index (χ0) is 6.69. The second kappa shape index (κ2) is 2.49. The number of nitrogens with zero attached hydrogens (tertiary/aromatic N) is 2. The molecule has 0 bridgehead atoms. The van der Waals surface area contributed by atoms with Crippen LogP contribution < -0.4 is 4.74 Å². The molecule has 6 heteroatoms. The molecule has 1 rings (SSSR count). The molecule has 0 aromatic carbocycles. The first kappa shape index (κ1) is 6.09. The van der Waals surface area contributed by atoms with Crippen molar-refractivity contribution in [1.29, 1.82) is 0 Å². The highest BCUT2D eigenvalue weighted by molar-refractivity contribution is 7.96. The van der Waals surface area contributed by atoms with Crippen molar-refractivity contribution in [3.05, 3.63) is 6.20 Å². The Morgan fingerprint density at radius 1 is 1.89 bits per heavy atom. The molecule has 0 atom stereocenters. The summed E-state index contributed by atoms with van der Waals surface area (Å²) < 4.78 is 4.37. The van der Waals surface area contributed by atoms with Crippen molar-refractivity contribution in [3.63, 3.8) is 0 Å². The lowest BCUT2D eigenvalue weighted by atomic mass is 10.9. The molecule has 1 N–H and O–H groups in total. The number of H-pyrrole nitrogens is 1. The van der Waals surface area contributed by atoms with Gasteiger partial charge in [-0.25, -0.2) is 4.79 Å². The van der Waals surface area contributed by atoms with Crippen molar-refractivity contribution >= 4 is 17.9 Å². The van der Waals surface area contributed by atoms with Crippen LogP contribution >= 0.6 is 12.6 Å². The molecule has 0 fully saturated rings. The molecule has 0 saturated heterocycles. The number of carbonyl (C=O) groups is 1. The maximum atomic E-state index is 10.1. The Morgan fingerprint density at radius 3 is 3.11 bits per heavy atom. The maximum Gasteiger partial charge on any atom is 0.371 e. The SMILES string of the molecule is O=C(S)Oc1cn[nH]n1. The van der Waals surface area contributed by atoms with E-state index in [1.807, 2.05) is 0 Å². The van der Waals surface area contributed by atoms with Crippen LogP contribution in [0.5, 0.6) is 5.88 Å². The van der Waals surface area contributed by atoms with Crippen LogP contribution in [-0.4, -0.2) is 20.7 Å². The first-order valence-electron chi connectivity index (χ1n) is 2.05. The number of hydrogen-bond acceptors (Lipinski definition) is 4. The molecule has 0 saturated carbocycles. The molecular formula is C3H3N3O2S. The van der Waals surface area contributed by atoms with Crippen molar-refractivity contribution in [3.8, 4) is 5.88 Å². The highest BCUT2D eigenvalue weighted by atomic mass is 32.1. The number of carbonyl (C=O) groups excluding carboxylic acids is 1. The van der Waals surface area contributed by atoms with Gasteiger partial charge in [0.15, 0.2) is 0 Å². The number of aromatic nitrogens is 3. The van der Waals surface area contributed by atoms with Gasteiger partial charge in [-0.15, -0.1) is 5.10 Å². The van der Waals surface area contributed by atoms with Gasteiger partial charge in [-0.2, -0.15) is 10.3 Å². The first-order chi connectivity index (χ1) is 4.29. The molecule has 0 radical (unpaired) electrons. The van der Waals surface area contributed by atoms with Crippen LogP contribution in [0, 0.1) is 0 Å². The number of thiol groups is 1. The van der Waals surface area contributed by atoms with E-state index in [9.17, 15) is 4.79 Å². The van der Waals surface area contributed by atoms with Crippen LogP contribution in [-0.2, 0) is 0 Å².